The third-order valence-corrected chi connectivity index (χ3v) is 5.88. The first-order valence-corrected chi connectivity index (χ1v) is 10.0. The summed E-state index contributed by atoms with van der Waals surface area (Å²) in [6, 6.07) is 6.35. The van der Waals surface area contributed by atoms with Gasteiger partial charge in [-0.3, -0.25) is 19.8 Å². The van der Waals surface area contributed by atoms with Crippen molar-refractivity contribution in [3.8, 4) is 5.75 Å². The Kier molecular flexibility index (Phi) is 7.81. The molecule has 0 aliphatic carbocycles. The molecule has 0 spiro atoms. The molecular formula is C17H16ClF3N4O4S2. The average molecular weight is 497 g/mol. The maximum Gasteiger partial charge on any atom is 0.573 e. The highest BCUT2D eigenvalue weighted by Gasteiger charge is 2.31. The Morgan fingerprint density at radius 3 is 2.48 bits per heavy atom. The highest BCUT2D eigenvalue weighted by Crippen LogP contribution is 2.34. The Morgan fingerprint density at radius 2 is 1.90 bits per heavy atom. The van der Waals surface area contributed by atoms with Crippen molar-refractivity contribution in [1.29, 1.82) is 0 Å². The predicted molar refractivity (Wildman–Crippen MR) is 115 cm³/mol. The number of carbonyl (C=O) groups is 1. The maximum absolute atomic E-state index is 13.0. The molecular weight excluding hydrogens is 481 g/mol. The number of thiophene rings is 1. The topological polar surface area (TPSA) is 88.8 Å². The quantitative estimate of drug-likeness (QED) is 0.345. The number of nitrogens with zero attached hydrogens (tertiary/aromatic N) is 4. The second kappa shape index (κ2) is 9.77. The Morgan fingerprint density at radius 1 is 1.19 bits per heavy atom. The number of hydrogen-bond donors (Lipinski definition) is 0. The molecule has 8 nitrogen and oxygen atoms in total. The van der Waals surface area contributed by atoms with Crippen molar-refractivity contribution in [2.75, 3.05) is 32.1 Å². The molecule has 0 bridgehead atoms. The van der Waals surface area contributed by atoms with Gasteiger partial charge >= 0.3 is 11.4 Å². The lowest BCUT2D eigenvalue weighted by Gasteiger charge is -2.21. The number of anilines is 1. The highest BCUT2D eigenvalue weighted by molar-refractivity contribution is 7.22. The molecule has 14 heteroatoms. The molecule has 0 N–H and O–H groups in total. The summed E-state index contributed by atoms with van der Waals surface area (Å²) < 4.78 is 41.7. The number of amides is 1. The fourth-order valence-electron chi connectivity index (χ4n) is 2.46. The molecule has 0 saturated carbocycles. The Balaban J connectivity index is 0.00000341. The minimum Gasteiger partial charge on any atom is -0.406 e. The molecule has 1 aromatic carbocycles. The van der Waals surface area contributed by atoms with Gasteiger partial charge < -0.3 is 9.64 Å². The number of thiazole rings is 1. The fraction of sp³-hybridized carbons (Fsp3) is 0.294. The zero-order chi connectivity index (χ0) is 22.1. The number of rotatable bonds is 7. The molecule has 0 atom stereocenters. The van der Waals surface area contributed by atoms with Crippen molar-refractivity contribution in [1.82, 2.24) is 9.88 Å². The summed E-state index contributed by atoms with van der Waals surface area (Å²) in [6.07, 6.45) is -4.82. The minimum absolute atomic E-state index is 0. The highest BCUT2D eigenvalue weighted by atomic mass is 35.5. The summed E-state index contributed by atoms with van der Waals surface area (Å²) in [6.45, 7) is 0.723. The van der Waals surface area contributed by atoms with Crippen LogP contribution in [0.4, 0.5) is 23.3 Å². The molecule has 3 aromatic rings. The molecule has 1 amide bonds. The second-order valence-corrected chi connectivity index (χ2v) is 8.40. The number of aromatic nitrogens is 1. The number of ether oxygens (including phenoxy) is 1. The molecule has 0 fully saturated rings. The van der Waals surface area contributed by atoms with Crippen LogP contribution in [-0.4, -0.2) is 54.3 Å². The molecule has 2 heterocycles. The first-order valence-electron chi connectivity index (χ1n) is 8.40. The van der Waals surface area contributed by atoms with Gasteiger partial charge in [0.15, 0.2) is 5.13 Å². The van der Waals surface area contributed by atoms with Crippen molar-refractivity contribution < 1.29 is 27.6 Å². The lowest BCUT2D eigenvalue weighted by Crippen LogP contribution is -2.36. The number of benzene rings is 1. The van der Waals surface area contributed by atoms with Gasteiger partial charge in [-0.2, -0.15) is 0 Å². The van der Waals surface area contributed by atoms with Gasteiger partial charge in [-0.1, -0.05) is 22.7 Å². The van der Waals surface area contributed by atoms with Crippen LogP contribution in [0.25, 0.3) is 10.2 Å². The third-order valence-electron chi connectivity index (χ3n) is 3.81. The number of nitro groups is 1. The lowest BCUT2D eigenvalue weighted by atomic mass is 10.3. The van der Waals surface area contributed by atoms with Crippen LogP contribution < -0.4 is 9.64 Å². The van der Waals surface area contributed by atoms with Gasteiger partial charge in [0.2, 0.25) is 0 Å². The summed E-state index contributed by atoms with van der Waals surface area (Å²) in [4.78, 5) is 31.1. The van der Waals surface area contributed by atoms with Gasteiger partial charge in [-0.25, -0.2) is 4.98 Å². The van der Waals surface area contributed by atoms with E-state index in [1.54, 1.807) is 0 Å². The summed E-state index contributed by atoms with van der Waals surface area (Å²) in [5.41, 5.74) is 0.407. The van der Waals surface area contributed by atoms with Gasteiger partial charge in [-0.15, -0.1) is 25.6 Å². The fourth-order valence-corrected chi connectivity index (χ4v) is 4.25. The minimum atomic E-state index is -4.82. The Bertz CT molecular complexity index is 1090. The van der Waals surface area contributed by atoms with Gasteiger partial charge in [0, 0.05) is 25.2 Å². The summed E-state index contributed by atoms with van der Waals surface area (Å²) >= 11 is 1.78. The first kappa shape index (κ1) is 24.8. The van der Waals surface area contributed by atoms with E-state index in [9.17, 15) is 28.1 Å². The van der Waals surface area contributed by atoms with E-state index in [1.807, 2.05) is 19.0 Å². The summed E-state index contributed by atoms with van der Waals surface area (Å²) in [5.74, 6) is -0.856. The average Bonchev–Trinajstić information content (AvgIpc) is 3.26. The van der Waals surface area contributed by atoms with Gasteiger partial charge in [0.05, 0.1) is 20.0 Å². The first-order chi connectivity index (χ1) is 14.0. The van der Waals surface area contributed by atoms with Crippen LogP contribution in [0.5, 0.6) is 5.75 Å². The van der Waals surface area contributed by atoms with E-state index in [0.29, 0.717) is 16.8 Å². The van der Waals surface area contributed by atoms with Gasteiger partial charge in [-0.05, 0) is 32.3 Å². The Labute approximate surface area is 188 Å². The van der Waals surface area contributed by atoms with Crippen LogP contribution in [0.3, 0.4) is 0 Å². The van der Waals surface area contributed by atoms with Crippen molar-refractivity contribution in [3.63, 3.8) is 0 Å². The summed E-state index contributed by atoms with van der Waals surface area (Å²) in [7, 11) is 3.63. The molecule has 0 aliphatic rings. The third kappa shape index (κ3) is 6.26. The van der Waals surface area contributed by atoms with E-state index in [-0.39, 0.29) is 39.7 Å². The van der Waals surface area contributed by atoms with Crippen LogP contribution in [0.2, 0.25) is 0 Å². The molecule has 2 aromatic heterocycles. The molecule has 0 aliphatic heterocycles. The lowest BCUT2D eigenvalue weighted by molar-refractivity contribution is -0.380. The van der Waals surface area contributed by atoms with Crippen LogP contribution in [0.1, 0.15) is 9.67 Å². The van der Waals surface area contributed by atoms with E-state index in [0.717, 1.165) is 28.7 Å². The molecule has 31 heavy (non-hydrogen) atoms. The van der Waals surface area contributed by atoms with E-state index in [2.05, 4.69) is 9.72 Å². The number of likely N-dealkylation sites (N-methyl/N-ethyl adjacent to an activating group) is 1. The largest absolute Gasteiger partial charge is 0.573 e. The van der Waals surface area contributed by atoms with E-state index in [4.69, 9.17) is 0 Å². The zero-order valence-electron chi connectivity index (χ0n) is 16.1. The maximum atomic E-state index is 13.0. The second-order valence-electron chi connectivity index (χ2n) is 6.33. The van der Waals surface area contributed by atoms with E-state index < -0.39 is 17.2 Å². The number of halogens is 4. The van der Waals surface area contributed by atoms with Crippen molar-refractivity contribution in [2.45, 2.75) is 6.36 Å². The summed E-state index contributed by atoms with van der Waals surface area (Å²) in [5, 5.41) is 11.0. The number of hydrogen-bond acceptors (Lipinski definition) is 8. The zero-order valence-corrected chi connectivity index (χ0v) is 18.5. The molecule has 0 radical (unpaired) electrons. The molecule has 3 rings (SSSR count). The van der Waals surface area contributed by atoms with Crippen LogP contribution in [0, 0.1) is 10.1 Å². The van der Waals surface area contributed by atoms with E-state index >= 15 is 0 Å². The van der Waals surface area contributed by atoms with Gasteiger partial charge in [0.1, 0.15) is 5.75 Å². The van der Waals surface area contributed by atoms with Crippen LogP contribution in [0.15, 0.2) is 30.3 Å². The molecule has 168 valence electrons. The normalized spacial score (nSPS) is 11.4. The molecule has 0 saturated heterocycles. The number of alkyl halides is 3. The van der Waals surface area contributed by atoms with Crippen LogP contribution >= 0.6 is 35.1 Å². The van der Waals surface area contributed by atoms with Crippen molar-refractivity contribution in [2.24, 2.45) is 0 Å². The SMILES string of the molecule is CN(C)CCN(C(=O)c1ccc([N+](=O)[O-])s1)c1nc2ccc(OC(F)(F)F)cc2s1.Cl. The standard InChI is InChI=1S/C17H15F3N4O4S2.ClH/c1-22(2)7-8-23(15(25)12-5-6-14(29-12)24(26)27)16-21-11-4-3-10(9-13(11)30-16)28-17(18,19)20;/h3-6,9H,7-8H2,1-2H3;1H. The smallest absolute Gasteiger partial charge is 0.406 e. The predicted octanol–water partition coefficient (Wildman–Crippen LogP) is 4.79. The monoisotopic (exact) mass is 496 g/mol. The van der Waals surface area contributed by atoms with E-state index in [1.165, 1.54) is 29.2 Å². The number of carbonyl (C=O) groups excluding carboxylic acids is 1. The molecule has 0 unspecified atom stereocenters. The van der Waals surface area contributed by atoms with Crippen molar-refractivity contribution in [3.05, 3.63) is 45.3 Å². The number of fused-ring (bicyclic) bond motifs is 1. The van der Waals surface area contributed by atoms with Crippen molar-refractivity contribution >= 4 is 61.3 Å². The Hall–Kier alpha value is -2.48. The van der Waals surface area contributed by atoms with Gasteiger partial charge in [0.25, 0.3) is 5.91 Å². The van der Waals surface area contributed by atoms with Crippen LogP contribution in [-0.2, 0) is 0 Å².